The second kappa shape index (κ2) is 9.27. The molecule has 3 amide bonds. The Labute approximate surface area is 203 Å². The Hall–Kier alpha value is -3.70. The first-order valence-corrected chi connectivity index (χ1v) is 11.3. The van der Waals surface area contributed by atoms with Crippen molar-refractivity contribution in [3.8, 4) is 0 Å². The van der Waals surface area contributed by atoms with Crippen LogP contribution in [0.4, 0.5) is 0 Å². The second-order valence-electron chi connectivity index (χ2n) is 7.35. The standard InChI is InChI=1S/C23H19N3O6S2/c1-13(27)25(14(2)28)26-20(29)19(34-23(26)33)11-17-9-16-10-18(22(30)31-3)24(21(16)32-17)12-15-7-5-4-6-8-15/h4-11H,12H2,1-3H3/b19-11+. The number of amides is 3. The van der Waals surface area contributed by atoms with Crippen molar-refractivity contribution in [1.82, 2.24) is 14.6 Å². The summed E-state index contributed by atoms with van der Waals surface area (Å²) in [5.41, 5.74) is 1.72. The average molecular weight is 498 g/mol. The number of fused-ring (bicyclic) bond motifs is 1. The van der Waals surface area contributed by atoms with Crippen molar-refractivity contribution in [3.05, 3.63) is 64.4 Å². The Morgan fingerprint density at radius 3 is 2.44 bits per heavy atom. The van der Waals surface area contributed by atoms with Gasteiger partial charge >= 0.3 is 5.97 Å². The zero-order valence-corrected chi connectivity index (χ0v) is 20.1. The summed E-state index contributed by atoms with van der Waals surface area (Å²) in [5, 5.41) is 2.23. The average Bonchev–Trinajstić information content (AvgIpc) is 3.42. The van der Waals surface area contributed by atoms with Crippen LogP contribution in [0.1, 0.15) is 35.7 Å². The zero-order chi connectivity index (χ0) is 24.6. The number of nitrogens with zero attached hydrogens (tertiary/aromatic N) is 3. The summed E-state index contributed by atoms with van der Waals surface area (Å²) in [7, 11) is 1.31. The normalized spacial score (nSPS) is 14.8. The van der Waals surface area contributed by atoms with E-state index in [9.17, 15) is 19.2 Å². The van der Waals surface area contributed by atoms with Crippen LogP contribution >= 0.6 is 24.0 Å². The second-order valence-corrected chi connectivity index (χ2v) is 9.02. The van der Waals surface area contributed by atoms with Crippen molar-refractivity contribution in [3.63, 3.8) is 0 Å². The Morgan fingerprint density at radius 2 is 1.82 bits per heavy atom. The van der Waals surface area contributed by atoms with Crippen LogP contribution in [0.5, 0.6) is 0 Å². The first-order valence-electron chi connectivity index (χ1n) is 10.1. The minimum atomic E-state index is -0.626. The molecular weight excluding hydrogens is 478 g/mol. The third kappa shape index (κ3) is 4.27. The van der Waals surface area contributed by atoms with Gasteiger partial charge in [-0.25, -0.2) is 4.79 Å². The first kappa shape index (κ1) is 23.5. The molecule has 9 nitrogen and oxygen atoms in total. The Balaban J connectivity index is 1.71. The molecule has 174 valence electrons. The molecular formula is C23H19N3O6S2. The minimum Gasteiger partial charge on any atom is -0.464 e. The lowest BCUT2D eigenvalue weighted by molar-refractivity contribution is -0.160. The smallest absolute Gasteiger partial charge is 0.354 e. The van der Waals surface area contributed by atoms with E-state index < -0.39 is 23.7 Å². The number of methoxy groups -OCH3 is 1. The Morgan fingerprint density at radius 1 is 1.15 bits per heavy atom. The molecule has 4 rings (SSSR count). The van der Waals surface area contributed by atoms with Gasteiger partial charge in [-0.2, -0.15) is 10.0 Å². The predicted molar refractivity (Wildman–Crippen MR) is 129 cm³/mol. The van der Waals surface area contributed by atoms with Crippen LogP contribution in [-0.4, -0.2) is 49.7 Å². The lowest BCUT2D eigenvalue weighted by Gasteiger charge is -2.26. The molecule has 0 bridgehead atoms. The highest BCUT2D eigenvalue weighted by Crippen LogP contribution is 2.35. The van der Waals surface area contributed by atoms with Gasteiger partial charge in [0.25, 0.3) is 5.91 Å². The van der Waals surface area contributed by atoms with E-state index >= 15 is 0 Å². The fourth-order valence-corrected chi connectivity index (χ4v) is 4.82. The number of hydrogen-bond donors (Lipinski definition) is 0. The van der Waals surface area contributed by atoms with Crippen molar-refractivity contribution < 1.29 is 28.3 Å². The molecule has 0 atom stereocenters. The number of thiocarbonyl (C=S) groups is 1. The van der Waals surface area contributed by atoms with Gasteiger partial charge in [0.1, 0.15) is 11.5 Å². The number of furan rings is 1. The number of benzene rings is 1. The van der Waals surface area contributed by atoms with Crippen molar-refractivity contribution in [2.24, 2.45) is 0 Å². The molecule has 1 aromatic carbocycles. The molecule has 0 unspecified atom stereocenters. The Kier molecular flexibility index (Phi) is 6.40. The number of hydrogen-bond acceptors (Lipinski definition) is 8. The first-order chi connectivity index (χ1) is 16.2. The lowest BCUT2D eigenvalue weighted by atomic mass is 10.2. The molecule has 1 fully saturated rings. The van der Waals surface area contributed by atoms with Crippen LogP contribution < -0.4 is 0 Å². The molecule has 2 aromatic heterocycles. The topological polar surface area (TPSA) is 102 Å². The van der Waals surface area contributed by atoms with Crippen molar-refractivity contribution >= 4 is 69.2 Å². The number of ether oxygens (including phenoxy) is 1. The third-order valence-corrected chi connectivity index (χ3v) is 6.29. The van der Waals surface area contributed by atoms with E-state index in [4.69, 9.17) is 21.4 Å². The van der Waals surface area contributed by atoms with Crippen LogP contribution in [0.25, 0.3) is 17.2 Å². The van der Waals surface area contributed by atoms with Gasteiger partial charge in [0.15, 0.2) is 4.32 Å². The van der Waals surface area contributed by atoms with Crippen molar-refractivity contribution in [1.29, 1.82) is 0 Å². The molecule has 0 aliphatic carbocycles. The third-order valence-electron chi connectivity index (χ3n) is 5.01. The van der Waals surface area contributed by atoms with Gasteiger partial charge in [0.2, 0.25) is 17.5 Å². The molecule has 0 radical (unpaired) electrons. The molecule has 0 saturated carbocycles. The van der Waals surface area contributed by atoms with Gasteiger partial charge in [-0.15, -0.1) is 0 Å². The van der Waals surface area contributed by atoms with Crippen LogP contribution in [0.15, 0.2) is 51.8 Å². The summed E-state index contributed by atoms with van der Waals surface area (Å²) >= 11 is 6.17. The maximum absolute atomic E-state index is 12.9. The molecule has 0 spiro atoms. The Bertz CT molecular complexity index is 1360. The molecule has 1 aliphatic heterocycles. The maximum Gasteiger partial charge on any atom is 0.354 e. The van der Waals surface area contributed by atoms with Crippen LogP contribution in [0.3, 0.4) is 0 Å². The lowest BCUT2D eigenvalue weighted by Crippen LogP contribution is -2.50. The number of imide groups is 1. The molecule has 1 saturated heterocycles. The van der Waals surface area contributed by atoms with E-state index in [1.807, 2.05) is 30.3 Å². The van der Waals surface area contributed by atoms with Gasteiger partial charge in [-0.3, -0.25) is 14.4 Å². The van der Waals surface area contributed by atoms with Crippen molar-refractivity contribution in [2.45, 2.75) is 20.4 Å². The molecule has 11 heteroatoms. The fraction of sp³-hybridized carbons (Fsp3) is 0.174. The summed E-state index contributed by atoms with van der Waals surface area (Å²) in [6.07, 6.45) is 1.49. The van der Waals surface area contributed by atoms with E-state index in [1.165, 1.54) is 27.0 Å². The van der Waals surface area contributed by atoms with E-state index in [0.717, 1.165) is 22.3 Å². The summed E-state index contributed by atoms with van der Waals surface area (Å²) in [6.45, 7) is 2.72. The molecule has 1 aliphatic rings. The number of aromatic nitrogens is 1. The van der Waals surface area contributed by atoms with Gasteiger partial charge in [-0.05, 0) is 29.9 Å². The number of esters is 1. The predicted octanol–water partition coefficient (Wildman–Crippen LogP) is 3.58. The number of hydrazine groups is 1. The van der Waals surface area contributed by atoms with Gasteiger partial charge in [0, 0.05) is 25.3 Å². The highest BCUT2D eigenvalue weighted by atomic mass is 32.2. The fourth-order valence-electron chi connectivity index (χ4n) is 3.60. The van der Waals surface area contributed by atoms with Crippen molar-refractivity contribution in [2.75, 3.05) is 7.11 Å². The van der Waals surface area contributed by atoms with E-state index in [0.29, 0.717) is 34.1 Å². The maximum atomic E-state index is 12.9. The number of rotatable bonds is 5. The van der Waals surface area contributed by atoms with Gasteiger partial charge in [-0.1, -0.05) is 42.1 Å². The number of carbonyl (C=O) groups is 4. The van der Waals surface area contributed by atoms with Gasteiger partial charge in [0.05, 0.1) is 18.6 Å². The van der Waals surface area contributed by atoms with Crippen LogP contribution in [-0.2, 0) is 25.7 Å². The monoisotopic (exact) mass is 497 g/mol. The summed E-state index contributed by atoms with van der Waals surface area (Å²) in [4.78, 5) is 49.2. The van der Waals surface area contributed by atoms with Gasteiger partial charge < -0.3 is 13.7 Å². The zero-order valence-electron chi connectivity index (χ0n) is 18.4. The molecule has 3 heterocycles. The summed E-state index contributed by atoms with van der Waals surface area (Å²) < 4.78 is 12.7. The largest absolute Gasteiger partial charge is 0.464 e. The highest BCUT2D eigenvalue weighted by molar-refractivity contribution is 8.26. The minimum absolute atomic E-state index is 0.0549. The van der Waals surface area contributed by atoms with E-state index in [1.54, 1.807) is 16.7 Å². The van der Waals surface area contributed by atoms with E-state index in [2.05, 4.69) is 0 Å². The van der Waals surface area contributed by atoms with E-state index in [-0.39, 0.29) is 9.23 Å². The number of thioether (sulfide) groups is 1. The molecule has 3 aromatic rings. The van der Waals surface area contributed by atoms with Crippen LogP contribution in [0.2, 0.25) is 0 Å². The highest BCUT2D eigenvalue weighted by Gasteiger charge is 2.39. The number of carbonyl (C=O) groups excluding carboxylic acids is 4. The molecule has 0 N–H and O–H groups in total. The van der Waals surface area contributed by atoms with Crippen LogP contribution in [0, 0.1) is 0 Å². The summed E-state index contributed by atoms with van der Waals surface area (Å²) in [5.74, 6) is -2.01. The quantitative estimate of drug-likeness (QED) is 0.300. The summed E-state index contributed by atoms with van der Waals surface area (Å²) in [6, 6.07) is 12.9. The molecule has 34 heavy (non-hydrogen) atoms. The SMILES string of the molecule is COC(=O)c1cc2cc(/C=C3/SC(=S)N(N(C(C)=O)C(C)=O)C3=O)oc2n1Cc1ccccc1.